The number of fused-ring (bicyclic) bond motifs is 1. The number of hydrogen-bond acceptors (Lipinski definition) is 4. The highest BCUT2D eigenvalue weighted by Gasteiger charge is 2.38. The Bertz CT molecular complexity index is 598. The molecule has 2 aliphatic heterocycles. The highest BCUT2D eigenvalue weighted by atomic mass is 16.5. The summed E-state index contributed by atoms with van der Waals surface area (Å²) in [5, 5.41) is 3.07. The van der Waals surface area contributed by atoms with Crippen LogP contribution in [-0.4, -0.2) is 56.2 Å². The van der Waals surface area contributed by atoms with Crippen molar-refractivity contribution < 1.29 is 9.53 Å². The lowest BCUT2D eigenvalue weighted by Gasteiger charge is -2.49. The quantitative estimate of drug-likeness (QED) is 0.899. The van der Waals surface area contributed by atoms with Gasteiger partial charge in [-0.15, -0.1) is 0 Å². The number of nitrogens with zero attached hydrogens (tertiary/aromatic N) is 2. The van der Waals surface area contributed by atoms with Crippen LogP contribution >= 0.6 is 0 Å². The third kappa shape index (κ3) is 4.21. The topological polar surface area (TPSA) is 44.8 Å². The van der Waals surface area contributed by atoms with Crippen molar-refractivity contribution in [3.8, 4) is 0 Å². The highest BCUT2D eigenvalue weighted by Crippen LogP contribution is 2.35. The van der Waals surface area contributed by atoms with Crippen LogP contribution in [0.1, 0.15) is 38.5 Å². The fourth-order valence-corrected chi connectivity index (χ4v) is 4.68. The zero-order valence-corrected chi connectivity index (χ0v) is 15.7. The van der Waals surface area contributed by atoms with E-state index < -0.39 is 0 Å². The minimum absolute atomic E-state index is 0.115. The van der Waals surface area contributed by atoms with E-state index in [0.29, 0.717) is 12.6 Å². The van der Waals surface area contributed by atoms with Crippen LogP contribution in [0.4, 0.5) is 11.4 Å². The van der Waals surface area contributed by atoms with Crippen LogP contribution in [0, 0.1) is 5.92 Å². The molecule has 3 fully saturated rings. The van der Waals surface area contributed by atoms with E-state index in [1.165, 1.54) is 44.2 Å². The molecule has 26 heavy (non-hydrogen) atoms. The fourth-order valence-electron chi connectivity index (χ4n) is 4.68. The lowest BCUT2D eigenvalue weighted by atomic mass is 9.79. The van der Waals surface area contributed by atoms with Crippen molar-refractivity contribution in [3.63, 3.8) is 0 Å². The van der Waals surface area contributed by atoms with Crippen molar-refractivity contribution in [2.45, 2.75) is 44.6 Å². The molecule has 2 heterocycles. The van der Waals surface area contributed by atoms with Crippen molar-refractivity contribution >= 4 is 17.3 Å². The number of amides is 1. The Morgan fingerprint density at radius 3 is 2.54 bits per heavy atom. The number of carbonyl (C=O) groups excluding carboxylic acids is 1. The Balaban J connectivity index is 1.27. The zero-order chi connectivity index (χ0) is 17.8. The first kappa shape index (κ1) is 17.8. The van der Waals surface area contributed by atoms with Gasteiger partial charge in [0.25, 0.3) is 0 Å². The van der Waals surface area contributed by atoms with Crippen molar-refractivity contribution in [1.29, 1.82) is 0 Å². The molecule has 2 atom stereocenters. The van der Waals surface area contributed by atoms with Crippen molar-refractivity contribution in [2.24, 2.45) is 5.92 Å². The number of morpholine rings is 1. The van der Waals surface area contributed by atoms with Gasteiger partial charge in [0.2, 0.25) is 5.91 Å². The maximum Gasteiger partial charge on any atom is 0.238 e. The van der Waals surface area contributed by atoms with Gasteiger partial charge in [0, 0.05) is 37.1 Å². The second kappa shape index (κ2) is 8.40. The lowest BCUT2D eigenvalue weighted by molar-refractivity contribution is -0.121. The fraction of sp³-hybridized carbons (Fsp3) is 0.667. The van der Waals surface area contributed by atoms with E-state index in [1.54, 1.807) is 0 Å². The predicted molar refractivity (Wildman–Crippen MR) is 105 cm³/mol. The molecule has 142 valence electrons. The van der Waals surface area contributed by atoms with Gasteiger partial charge in [-0.1, -0.05) is 25.7 Å². The first-order valence-electron chi connectivity index (χ1n) is 10.3. The van der Waals surface area contributed by atoms with Gasteiger partial charge < -0.3 is 15.0 Å². The van der Waals surface area contributed by atoms with Crippen molar-refractivity contribution in [3.05, 3.63) is 24.3 Å². The Labute approximate surface area is 156 Å². The number of hydrogen-bond donors (Lipinski definition) is 1. The Morgan fingerprint density at radius 2 is 1.77 bits per heavy atom. The normalized spacial score (nSPS) is 27.0. The maximum absolute atomic E-state index is 12.5. The largest absolute Gasteiger partial charge is 0.378 e. The summed E-state index contributed by atoms with van der Waals surface area (Å²) in [6.45, 7) is 5.08. The number of rotatable bonds is 4. The summed E-state index contributed by atoms with van der Waals surface area (Å²) in [5.74, 6) is 0.945. The van der Waals surface area contributed by atoms with E-state index in [2.05, 4.69) is 27.2 Å². The molecule has 3 aliphatic rings. The van der Waals surface area contributed by atoms with Gasteiger partial charge in [0.1, 0.15) is 0 Å². The summed E-state index contributed by atoms with van der Waals surface area (Å²) in [7, 11) is 0. The molecule has 1 aliphatic carbocycles. The minimum atomic E-state index is 0.115. The van der Waals surface area contributed by atoms with Crippen LogP contribution in [0.25, 0.3) is 0 Å². The minimum Gasteiger partial charge on any atom is -0.378 e. The lowest BCUT2D eigenvalue weighted by Crippen LogP contribution is -2.58. The zero-order valence-electron chi connectivity index (χ0n) is 15.7. The molecule has 2 saturated heterocycles. The number of likely N-dealkylation sites (tertiary alicyclic amines) is 1. The molecular formula is C21H31N3O2. The van der Waals surface area contributed by atoms with Gasteiger partial charge >= 0.3 is 0 Å². The number of ether oxygens (including phenoxy) is 1. The summed E-state index contributed by atoms with van der Waals surface area (Å²) >= 11 is 0. The van der Waals surface area contributed by atoms with Gasteiger partial charge in [-0.2, -0.15) is 0 Å². The van der Waals surface area contributed by atoms with Gasteiger partial charge in [-0.25, -0.2) is 0 Å². The molecule has 1 saturated carbocycles. The summed E-state index contributed by atoms with van der Waals surface area (Å²) < 4.78 is 5.40. The first-order chi connectivity index (χ1) is 12.8. The molecule has 0 aromatic heterocycles. The highest BCUT2D eigenvalue weighted by molar-refractivity contribution is 5.92. The van der Waals surface area contributed by atoms with E-state index in [4.69, 9.17) is 4.74 Å². The Hall–Kier alpha value is -1.59. The number of nitrogens with one attached hydrogen (secondary N) is 1. The molecule has 4 rings (SSSR count). The average Bonchev–Trinajstić information content (AvgIpc) is 2.65. The third-order valence-corrected chi connectivity index (χ3v) is 6.18. The molecule has 1 aromatic rings. The third-order valence-electron chi connectivity index (χ3n) is 6.18. The van der Waals surface area contributed by atoms with Gasteiger partial charge in [-0.05, 0) is 43.0 Å². The molecule has 1 amide bonds. The summed E-state index contributed by atoms with van der Waals surface area (Å²) in [6.07, 6.45) is 8.07. The van der Waals surface area contributed by atoms with Crippen LogP contribution in [0.3, 0.4) is 0 Å². The average molecular weight is 357 g/mol. The molecule has 0 spiro atoms. The van der Waals surface area contributed by atoms with Crippen molar-refractivity contribution in [1.82, 2.24) is 4.90 Å². The second-order valence-electron chi connectivity index (χ2n) is 7.94. The van der Waals surface area contributed by atoms with E-state index in [0.717, 1.165) is 44.5 Å². The van der Waals surface area contributed by atoms with Crippen LogP contribution in [-0.2, 0) is 9.53 Å². The molecule has 1 aromatic carbocycles. The van der Waals surface area contributed by atoms with Gasteiger partial charge in [0.15, 0.2) is 0 Å². The smallest absolute Gasteiger partial charge is 0.238 e. The van der Waals surface area contributed by atoms with E-state index in [1.807, 2.05) is 12.1 Å². The standard InChI is InChI=1S/C21H31N3O2/c25-21(16-24-15-17-5-3-1-2-4-6-20(17)24)22-18-7-9-19(10-8-18)23-11-13-26-14-12-23/h7-10,17,20H,1-6,11-16H2,(H,22,25). The van der Waals surface area contributed by atoms with Gasteiger partial charge in [0.05, 0.1) is 19.8 Å². The van der Waals surface area contributed by atoms with E-state index in [-0.39, 0.29) is 5.91 Å². The van der Waals surface area contributed by atoms with Crippen molar-refractivity contribution in [2.75, 3.05) is 49.6 Å². The SMILES string of the molecule is O=C(CN1CC2CCCCCCC21)Nc1ccc(N2CCOCC2)cc1. The molecule has 5 nitrogen and oxygen atoms in total. The first-order valence-corrected chi connectivity index (χ1v) is 10.3. The van der Waals surface area contributed by atoms with Gasteiger partial charge in [-0.3, -0.25) is 9.69 Å². The Morgan fingerprint density at radius 1 is 1.04 bits per heavy atom. The van der Waals surface area contributed by atoms with Crippen LogP contribution in [0.2, 0.25) is 0 Å². The molecular weight excluding hydrogens is 326 g/mol. The molecule has 1 N–H and O–H groups in total. The van der Waals surface area contributed by atoms with E-state index in [9.17, 15) is 4.79 Å². The molecule has 0 bridgehead atoms. The number of benzene rings is 1. The molecule has 2 unspecified atom stereocenters. The maximum atomic E-state index is 12.5. The number of carbonyl (C=O) groups is 1. The molecule has 0 radical (unpaired) electrons. The van der Waals surface area contributed by atoms with Crippen LogP contribution in [0.15, 0.2) is 24.3 Å². The second-order valence-corrected chi connectivity index (χ2v) is 7.94. The van der Waals surface area contributed by atoms with E-state index >= 15 is 0 Å². The predicted octanol–water partition coefficient (Wildman–Crippen LogP) is 3.12. The molecule has 5 heteroatoms. The van der Waals surface area contributed by atoms with Crippen LogP contribution < -0.4 is 10.2 Å². The Kier molecular flexibility index (Phi) is 5.75. The van der Waals surface area contributed by atoms with Crippen LogP contribution in [0.5, 0.6) is 0 Å². The summed E-state index contributed by atoms with van der Waals surface area (Å²) in [6, 6.07) is 8.85. The summed E-state index contributed by atoms with van der Waals surface area (Å²) in [5.41, 5.74) is 2.09. The summed E-state index contributed by atoms with van der Waals surface area (Å²) in [4.78, 5) is 17.2. The number of anilines is 2. The monoisotopic (exact) mass is 357 g/mol.